The smallest absolute Gasteiger partial charge is 0.0475 e. The summed E-state index contributed by atoms with van der Waals surface area (Å²) in [6.45, 7) is 31.5. The third-order valence-electron chi connectivity index (χ3n) is 9.15. The second-order valence-electron chi connectivity index (χ2n) is 15.2. The molecule has 1 N–H and O–H groups in total. The van der Waals surface area contributed by atoms with Crippen molar-refractivity contribution in [1.29, 1.82) is 0 Å². The SMILES string of the molecule is CC(C)c1cc(C(C)C)c(-c2cccc(-c3c(C(C)C)cc(C(C)C)cc3C(C)C)c2O)c(C(C)C)c1.COc1ccccc1[CH]=[Mo]=[O].CPC.Cl. The van der Waals surface area contributed by atoms with Crippen LogP contribution in [0.5, 0.6) is 11.5 Å². The van der Waals surface area contributed by atoms with Crippen LogP contribution in [0.4, 0.5) is 0 Å². The molecule has 0 heterocycles. The molecular weight excluding hydrogens is 763 g/mol. The van der Waals surface area contributed by atoms with Crippen molar-refractivity contribution in [2.75, 3.05) is 20.4 Å². The van der Waals surface area contributed by atoms with Crippen LogP contribution >= 0.6 is 21.0 Å². The summed E-state index contributed by atoms with van der Waals surface area (Å²) in [6, 6.07) is 23.4. The molecule has 0 aromatic heterocycles. The number of benzene rings is 4. The summed E-state index contributed by atoms with van der Waals surface area (Å²) in [7, 11) is 2.69. The van der Waals surface area contributed by atoms with Crippen LogP contribution in [0.25, 0.3) is 22.3 Å². The average Bonchev–Trinajstić information content (AvgIpc) is 3.08. The van der Waals surface area contributed by atoms with Crippen molar-refractivity contribution < 1.29 is 31.3 Å². The Morgan fingerprint density at radius 3 is 1.23 bits per heavy atom. The van der Waals surface area contributed by atoms with Crippen LogP contribution in [-0.2, 0) is 21.5 Å². The van der Waals surface area contributed by atoms with Crippen molar-refractivity contribution in [2.45, 2.75) is 119 Å². The van der Waals surface area contributed by atoms with E-state index in [1.54, 1.807) is 11.5 Å². The van der Waals surface area contributed by atoms with Gasteiger partial charge in [0.05, 0.1) is 0 Å². The Bertz CT molecular complexity index is 1620. The largest absolute Gasteiger partial charge is 0.147 e. The zero-order chi connectivity index (χ0) is 38.6. The summed E-state index contributed by atoms with van der Waals surface area (Å²) in [4.78, 5) is 0. The predicted molar refractivity (Wildman–Crippen MR) is 230 cm³/mol. The van der Waals surface area contributed by atoms with Crippen molar-refractivity contribution >= 4 is 25.4 Å². The quantitative estimate of drug-likeness (QED) is 0.128. The molecule has 0 spiro atoms. The van der Waals surface area contributed by atoms with Gasteiger partial charge >= 0.3 is 73.3 Å². The Labute approximate surface area is 333 Å². The Morgan fingerprint density at radius 1 is 0.596 bits per heavy atom. The van der Waals surface area contributed by atoms with Gasteiger partial charge in [-0.15, -0.1) is 21.0 Å². The molecule has 4 aromatic rings. The van der Waals surface area contributed by atoms with Gasteiger partial charge in [-0.1, -0.05) is 126 Å². The van der Waals surface area contributed by atoms with Gasteiger partial charge < -0.3 is 5.11 Å². The van der Waals surface area contributed by atoms with Crippen LogP contribution in [0.2, 0.25) is 0 Å². The standard InChI is InChI=1S/C36H50O.C8H8O.C2H7P.ClH.Mo.O/c1-20(2)26-16-30(22(5)6)34(31(17-26)23(7)8)28-14-13-15-29(36(28)37)35-32(24(9)10)18-27(21(3)4)19-33(35)25(11)12;1-7-5-3-4-6-8(7)9-2;1-3-2;;;/h13-25,37H,1-12H3;1,3-6H,2H3;3H,1-2H3;1H;;. The molecule has 4 aromatic carbocycles. The van der Waals surface area contributed by atoms with Gasteiger partial charge in [0.1, 0.15) is 5.75 Å². The van der Waals surface area contributed by atoms with E-state index in [-0.39, 0.29) is 12.4 Å². The van der Waals surface area contributed by atoms with Crippen LogP contribution in [-0.4, -0.2) is 29.9 Å². The summed E-state index contributed by atoms with van der Waals surface area (Å²) in [5.74, 6) is 3.55. The Hall–Kier alpha value is -2.44. The molecule has 0 fully saturated rings. The first-order valence-electron chi connectivity index (χ1n) is 18.6. The maximum atomic E-state index is 12.1. The van der Waals surface area contributed by atoms with Gasteiger partial charge in [0, 0.05) is 11.1 Å². The molecule has 0 saturated carbocycles. The van der Waals surface area contributed by atoms with Crippen LogP contribution < -0.4 is 4.74 Å². The van der Waals surface area contributed by atoms with E-state index in [1.807, 2.05) is 24.3 Å². The summed E-state index contributed by atoms with van der Waals surface area (Å²) in [5.41, 5.74) is 13.3. The van der Waals surface area contributed by atoms with E-state index in [0.29, 0.717) is 41.3 Å². The van der Waals surface area contributed by atoms with Crippen LogP contribution in [0.1, 0.15) is 158 Å². The van der Waals surface area contributed by atoms with Crippen LogP contribution in [0.15, 0.2) is 66.7 Å². The number of ether oxygens (including phenoxy) is 1. The third kappa shape index (κ3) is 12.3. The normalized spacial score (nSPS) is 10.9. The number of hydrogen-bond acceptors (Lipinski definition) is 3. The first-order chi connectivity index (χ1) is 24.0. The Kier molecular flexibility index (Phi) is 20.8. The fourth-order valence-electron chi connectivity index (χ4n) is 6.30. The van der Waals surface area contributed by atoms with E-state index in [0.717, 1.165) is 31.0 Å². The number of aromatic hydroxyl groups is 1. The number of phenols is 1. The van der Waals surface area contributed by atoms with E-state index in [9.17, 15) is 8.50 Å². The molecule has 0 bridgehead atoms. The molecule has 3 nitrogen and oxygen atoms in total. The summed E-state index contributed by atoms with van der Waals surface area (Å²) >= 11 is -1.20. The van der Waals surface area contributed by atoms with E-state index in [2.05, 4.69) is 139 Å². The number of methoxy groups -OCH3 is 1. The van der Waals surface area contributed by atoms with E-state index in [4.69, 9.17) is 4.74 Å². The number of para-hydroxylation sites is 2. The molecule has 52 heavy (non-hydrogen) atoms. The minimum Gasteiger partial charge on any atom is -0.147 e. The molecule has 0 aliphatic rings. The first kappa shape index (κ1) is 47.6. The van der Waals surface area contributed by atoms with Gasteiger partial charge in [-0.25, -0.2) is 0 Å². The van der Waals surface area contributed by atoms with Gasteiger partial charge in [-0.05, 0) is 93.3 Å². The monoisotopic (exact) mass is 830 g/mol. The van der Waals surface area contributed by atoms with E-state index in [1.165, 1.54) is 44.5 Å². The number of hydrogen-bond donors (Lipinski definition) is 1. The second-order valence-corrected chi connectivity index (χ2v) is 17.3. The van der Waals surface area contributed by atoms with Crippen LogP contribution in [0, 0.1) is 0 Å². The maximum Gasteiger partial charge on any atom is -0.0475 e. The zero-order valence-corrected chi connectivity index (χ0v) is 38.3. The molecule has 0 saturated heterocycles. The van der Waals surface area contributed by atoms with Crippen molar-refractivity contribution in [3.05, 3.63) is 106 Å². The Balaban J connectivity index is 0.000000756. The molecule has 286 valence electrons. The predicted octanol–water partition coefficient (Wildman–Crippen LogP) is 14.1. The van der Waals surface area contributed by atoms with E-state index < -0.39 is 18.1 Å². The number of phenolic OH excluding ortho intramolecular Hbond substituents is 1. The molecule has 0 unspecified atom stereocenters. The third-order valence-corrected chi connectivity index (χ3v) is 10.0. The van der Waals surface area contributed by atoms with Gasteiger partial charge in [-0.3, -0.25) is 0 Å². The topological polar surface area (TPSA) is 46.5 Å². The van der Waals surface area contributed by atoms with Gasteiger partial charge in [0.2, 0.25) is 0 Å². The Morgan fingerprint density at radius 2 is 0.942 bits per heavy atom. The molecule has 0 atom stereocenters. The zero-order valence-electron chi connectivity index (χ0n) is 34.5. The van der Waals surface area contributed by atoms with Crippen molar-refractivity contribution in [3.8, 4) is 33.8 Å². The molecule has 0 aliphatic carbocycles. The van der Waals surface area contributed by atoms with Crippen molar-refractivity contribution in [3.63, 3.8) is 0 Å². The second kappa shape index (κ2) is 22.7. The number of rotatable bonds is 10. The van der Waals surface area contributed by atoms with Gasteiger partial charge in [0.25, 0.3) is 0 Å². The van der Waals surface area contributed by atoms with Gasteiger partial charge in [0.15, 0.2) is 0 Å². The minimum atomic E-state index is -1.20. The maximum absolute atomic E-state index is 12.1. The molecule has 0 radical (unpaired) electrons. The fraction of sp³-hybridized carbons (Fsp3) is 0.457. The van der Waals surface area contributed by atoms with Crippen molar-refractivity contribution in [2.24, 2.45) is 0 Å². The number of halogens is 1. The molecule has 4 rings (SSSR count). The summed E-state index contributed by atoms with van der Waals surface area (Å²) < 4.78 is 17.2. The molecular formula is C46H66ClMoO3P. The van der Waals surface area contributed by atoms with Crippen LogP contribution in [0.3, 0.4) is 0 Å². The van der Waals surface area contributed by atoms with Crippen molar-refractivity contribution in [1.82, 2.24) is 0 Å². The summed E-state index contributed by atoms with van der Waals surface area (Å²) in [5, 5.41) is 12.1. The first-order valence-corrected chi connectivity index (χ1v) is 22.5. The fourth-order valence-corrected chi connectivity index (χ4v) is 7.03. The molecule has 0 amide bonds. The van der Waals surface area contributed by atoms with E-state index >= 15 is 0 Å². The summed E-state index contributed by atoms with van der Waals surface area (Å²) in [6.07, 6.45) is 0. The minimum absolute atomic E-state index is 0. The molecule has 6 heteroatoms. The average molecular weight is 829 g/mol. The molecule has 0 aliphatic heterocycles. The van der Waals surface area contributed by atoms with Gasteiger partial charge in [-0.2, -0.15) is 0 Å².